The van der Waals surface area contributed by atoms with E-state index in [1.54, 1.807) is 6.92 Å². The van der Waals surface area contributed by atoms with E-state index in [0.29, 0.717) is 5.92 Å². The molecule has 0 amide bonds. The van der Waals surface area contributed by atoms with Crippen LogP contribution in [0.2, 0.25) is 0 Å². The first-order valence-corrected chi connectivity index (χ1v) is 20.2. The number of nitrogens with one attached hydrogen (secondary N) is 3. The standard InChI is InChI=1S/C12H24N2.C11H16N2.2C8H10.C7H10N2.C4H9N.CH4.H3N/c1-6-11(4)8-14(7-10(2)3)9-12(5)13;1-4-9(2)13-11-8-6-5-7-10(11)12-3;2*1-7-5-3-4-6-8(7)2;1-9-7-5-3-2-4-6(7)8;1-3-4(2)5;;/h11H,2,5-9,13H2,1,3-4H3;5-8,12H,4H2,1-3H3;2*3-6H,1-2H3;2-5,9H,8H2,1H3;5H,3H2,1-2H3;1H4;1H3. The van der Waals surface area contributed by atoms with Gasteiger partial charge in [0, 0.05) is 50.9 Å². The first-order valence-electron chi connectivity index (χ1n) is 20.2. The molecule has 0 aromatic heterocycles. The lowest BCUT2D eigenvalue weighted by Gasteiger charge is -2.25. The third-order valence-electron chi connectivity index (χ3n) is 8.79. The molecule has 0 bridgehead atoms. The van der Waals surface area contributed by atoms with Gasteiger partial charge in [-0.05, 0) is 114 Å². The number of aryl methyl sites for hydroxylation is 4. The summed E-state index contributed by atoms with van der Waals surface area (Å²) in [5.41, 5.74) is 24.4. The van der Waals surface area contributed by atoms with Gasteiger partial charge in [0.25, 0.3) is 0 Å². The lowest BCUT2D eigenvalue weighted by molar-refractivity contribution is 0.270. The molecule has 8 heteroatoms. The van der Waals surface area contributed by atoms with Gasteiger partial charge in [0.1, 0.15) is 0 Å². The Hall–Kier alpha value is -5.18. The Labute approximate surface area is 362 Å². The van der Waals surface area contributed by atoms with Gasteiger partial charge < -0.3 is 33.7 Å². The molecule has 1 atom stereocenters. The number of para-hydroxylation sites is 4. The Morgan fingerprint density at radius 2 is 1.08 bits per heavy atom. The monoisotopic (exact) mass is 811 g/mol. The quantitative estimate of drug-likeness (QED) is 0.0476. The van der Waals surface area contributed by atoms with E-state index in [2.05, 4.69) is 131 Å². The van der Waals surface area contributed by atoms with E-state index in [9.17, 15) is 0 Å². The van der Waals surface area contributed by atoms with E-state index >= 15 is 0 Å². The van der Waals surface area contributed by atoms with Gasteiger partial charge in [-0.3, -0.25) is 9.89 Å². The van der Waals surface area contributed by atoms with Gasteiger partial charge in [-0.15, -0.1) is 0 Å². The molecular formula is C51H86N8. The Morgan fingerprint density at radius 3 is 1.39 bits per heavy atom. The van der Waals surface area contributed by atoms with Crippen molar-refractivity contribution in [2.75, 3.05) is 50.1 Å². The van der Waals surface area contributed by atoms with Crippen LogP contribution < -0.4 is 28.3 Å². The van der Waals surface area contributed by atoms with Crippen molar-refractivity contribution in [3.63, 3.8) is 0 Å². The predicted molar refractivity (Wildman–Crippen MR) is 271 cm³/mol. The normalized spacial score (nSPS) is 10.1. The molecule has 4 aromatic carbocycles. The molecular weight excluding hydrogens is 725 g/mol. The molecule has 0 saturated heterocycles. The molecule has 10 N–H and O–H groups in total. The molecule has 1 unspecified atom stereocenters. The van der Waals surface area contributed by atoms with Gasteiger partial charge in [-0.25, -0.2) is 0 Å². The number of nitrogens with zero attached hydrogens (tertiary/aromatic N) is 2. The van der Waals surface area contributed by atoms with Crippen molar-refractivity contribution in [3.05, 3.63) is 144 Å². The summed E-state index contributed by atoms with van der Waals surface area (Å²) < 4.78 is 0. The maximum Gasteiger partial charge on any atom is 0.0860 e. The summed E-state index contributed by atoms with van der Waals surface area (Å²) in [5, 5.41) is 12.8. The van der Waals surface area contributed by atoms with E-state index in [4.69, 9.17) is 16.9 Å². The van der Waals surface area contributed by atoms with Crippen molar-refractivity contribution in [2.24, 2.45) is 16.6 Å². The minimum absolute atomic E-state index is 0. The van der Waals surface area contributed by atoms with E-state index in [-0.39, 0.29) is 13.6 Å². The van der Waals surface area contributed by atoms with Crippen LogP contribution in [0.4, 0.5) is 22.7 Å². The van der Waals surface area contributed by atoms with E-state index < -0.39 is 0 Å². The summed E-state index contributed by atoms with van der Waals surface area (Å²) in [6.45, 7) is 33.4. The van der Waals surface area contributed by atoms with Crippen molar-refractivity contribution in [2.45, 2.75) is 103 Å². The van der Waals surface area contributed by atoms with Crippen LogP contribution >= 0.6 is 0 Å². The molecule has 330 valence electrons. The molecule has 4 rings (SSSR count). The molecule has 0 aliphatic heterocycles. The molecule has 0 heterocycles. The highest BCUT2D eigenvalue weighted by molar-refractivity contribution is 5.86. The molecule has 0 aliphatic carbocycles. The summed E-state index contributed by atoms with van der Waals surface area (Å²) >= 11 is 0. The molecule has 0 spiro atoms. The van der Waals surface area contributed by atoms with Crippen LogP contribution in [0, 0.1) is 39.0 Å². The first kappa shape index (κ1) is 60.5. The summed E-state index contributed by atoms with van der Waals surface area (Å²) in [7, 11) is 3.77. The highest BCUT2D eigenvalue weighted by atomic mass is 15.1. The van der Waals surface area contributed by atoms with E-state index in [0.717, 1.165) is 72.3 Å². The molecule has 4 aromatic rings. The number of hydrogen-bond acceptors (Lipinski definition) is 8. The zero-order valence-electron chi connectivity index (χ0n) is 38.7. The van der Waals surface area contributed by atoms with Crippen LogP contribution in [0.1, 0.15) is 97.4 Å². The number of nitrogen functional groups attached to an aromatic ring is 1. The van der Waals surface area contributed by atoms with Gasteiger partial charge in [0.15, 0.2) is 0 Å². The fraction of sp³-hybridized carbons (Fsp3) is 0.412. The topological polar surface area (TPSA) is 151 Å². The van der Waals surface area contributed by atoms with Crippen LogP contribution in [0.25, 0.3) is 0 Å². The number of benzene rings is 4. The Balaban J connectivity index is -0.000000313. The van der Waals surface area contributed by atoms with Crippen molar-refractivity contribution in [1.82, 2.24) is 11.1 Å². The van der Waals surface area contributed by atoms with E-state index in [1.165, 1.54) is 34.2 Å². The third kappa shape index (κ3) is 32.5. The van der Waals surface area contributed by atoms with Crippen LogP contribution in [0.5, 0.6) is 0 Å². The summed E-state index contributed by atoms with van der Waals surface area (Å²) in [6, 6.07) is 32.4. The van der Waals surface area contributed by atoms with Crippen molar-refractivity contribution < 1.29 is 0 Å². The minimum Gasteiger partial charge on any atom is -0.401 e. The summed E-state index contributed by atoms with van der Waals surface area (Å²) in [6.07, 6.45) is 3.09. The zero-order valence-corrected chi connectivity index (χ0v) is 38.7. The number of rotatable bonds is 12. The van der Waals surface area contributed by atoms with E-state index in [1.807, 2.05) is 83.4 Å². The maximum absolute atomic E-state index is 6.74. The van der Waals surface area contributed by atoms with Gasteiger partial charge in [-0.2, -0.15) is 0 Å². The fourth-order valence-electron chi connectivity index (χ4n) is 4.54. The second kappa shape index (κ2) is 37.1. The number of hydrogen-bond donors (Lipinski definition) is 6. The number of aliphatic imine (C=N–C) groups is 1. The Kier molecular flexibility index (Phi) is 38.1. The second-order valence-corrected chi connectivity index (χ2v) is 14.4. The lowest BCUT2D eigenvalue weighted by atomic mass is 10.1. The van der Waals surface area contributed by atoms with Crippen molar-refractivity contribution >= 4 is 34.2 Å². The molecule has 0 fully saturated rings. The molecule has 0 aliphatic rings. The molecule has 0 radical (unpaired) electrons. The molecule has 8 nitrogen and oxygen atoms in total. The molecule has 0 saturated carbocycles. The van der Waals surface area contributed by atoms with Gasteiger partial charge >= 0.3 is 0 Å². The smallest absolute Gasteiger partial charge is 0.0860 e. The van der Waals surface area contributed by atoms with Crippen molar-refractivity contribution in [3.8, 4) is 0 Å². The predicted octanol–water partition coefficient (Wildman–Crippen LogP) is 13.8. The zero-order chi connectivity index (χ0) is 43.8. The fourth-order valence-corrected chi connectivity index (χ4v) is 4.54. The summed E-state index contributed by atoms with van der Waals surface area (Å²) in [5.74, 6) is 0.702. The second-order valence-electron chi connectivity index (χ2n) is 14.4. The number of anilines is 3. The highest BCUT2D eigenvalue weighted by Crippen LogP contribution is 2.24. The van der Waals surface area contributed by atoms with Gasteiger partial charge in [-0.1, -0.05) is 133 Å². The maximum atomic E-state index is 6.74. The lowest BCUT2D eigenvalue weighted by Crippen LogP contribution is -2.33. The van der Waals surface area contributed by atoms with Gasteiger partial charge in [0.05, 0.1) is 22.7 Å². The SMILES string of the molecule is C.C=C(C)CN(CC(=C)N)CC(C)CC.CCC(C)=N.CCC(C)=Nc1ccccc1NC.CNc1ccccc1N.Cc1ccccc1C.Cc1ccccc1C.N. The Morgan fingerprint density at radius 1 is 0.695 bits per heavy atom. The minimum atomic E-state index is 0. The van der Waals surface area contributed by atoms with Crippen LogP contribution in [-0.2, 0) is 0 Å². The largest absolute Gasteiger partial charge is 0.401 e. The first-order chi connectivity index (χ1) is 26.9. The molecule has 59 heavy (non-hydrogen) atoms. The average molecular weight is 811 g/mol. The van der Waals surface area contributed by atoms with Crippen LogP contribution in [-0.4, -0.2) is 50.1 Å². The van der Waals surface area contributed by atoms with Gasteiger partial charge in [0.2, 0.25) is 0 Å². The Bertz CT molecular complexity index is 1620. The average Bonchev–Trinajstić information content (AvgIpc) is 3.18. The summed E-state index contributed by atoms with van der Waals surface area (Å²) in [4.78, 5) is 6.81. The third-order valence-corrected chi connectivity index (χ3v) is 8.79. The highest BCUT2D eigenvalue weighted by Gasteiger charge is 2.09. The van der Waals surface area contributed by atoms with Crippen molar-refractivity contribution in [1.29, 1.82) is 5.41 Å². The van der Waals surface area contributed by atoms with Crippen LogP contribution in [0.3, 0.4) is 0 Å². The number of nitrogens with two attached hydrogens (primary N) is 2. The van der Waals surface area contributed by atoms with Crippen LogP contribution in [0.15, 0.2) is 126 Å².